The zero-order valence-corrected chi connectivity index (χ0v) is 14.9. The zero-order chi connectivity index (χ0) is 15.9. The molecule has 2 atom stereocenters. The van der Waals surface area contributed by atoms with Crippen LogP contribution in [0.25, 0.3) is 10.9 Å². The molecule has 1 saturated carbocycles. The molecule has 5 nitrogen and oxygen atoms in total. The number of aryl methyl sites for hydroxylation is 1. The molecule has 0 spiro atoms. The Morgan fingerprint density at radius 2 is 2.33 bits per heavy atom. The summed E-state index contributed by atoms with van der Waals surface area (Å²) in [5.74, 6) is 0.676. The van der Waals surface area contributed by atoms with E-state index in [4.69, 9.17) is 0 Å². The first kappa shape index (κ1) is 17.2. The van der Waals surface area contributed by atoms with Gasteiger partial charge in [0, 0.05) is 24.2 Å². The number of carbonyl (C=O) groups is 1. The van der Waals surface area contributed by atoms with Crippen LogP contribution in [0.3, 0.4) is 0 Å². The Bertz CT molecular complexity index is 744. The molecular weight excluding hydrogens is 324 g/mol. The van der Waals surface area contributed by atoms with E-state index in [1.54, 1.807) is 0 Å². The molecule has 2 aliphatic rings. The number of hydrogen-bond acceptors (Lipinski definition) is 3. The number of nitrogens with one attached hydrogen (secondary N) is 2. The summed E-state index contributed by atoms with van der Waals surface area (Å²) in [4.78, 5) is 13.0. The lowest BCUT2D eigenvalue weighted by Gasteiger charge is -2.37. The van der Waals surface area contributed by atoms with Crippen LogP contribution in [0.5, 0.6) is 0 Å². The predicted molar refractivity (Wildman–Crippen MR) is 98.5 cm³/mol. The van der Waals surface area contributed by atoms with E-state index >= 15 is 0 Å². The maximum Gasteiger partial charge on any atom is 0.232 e. The highest BCUT2D eigenvalue weighted by Gasteiger charge is 2.49. The lowest BCUT2D eigenvalue weighted by Crippen LogP contribution is -2.44. The van der Waals surface area contributed by atoms with Crippen LogP contribution in [0, 0.1) is 11.3 Å². The van der Waals surface area contributed by atoms with Crippen LogP contribution in [0.15, 0.2) is 24.4 Å². The van der Waals surface area contributed by atoms with Crippen LogP contribution in [-0.4, -0.2) is 28.8 Å². The van der Waals surface area contributed by atoms with Crippen LogP contribution in [0.2, 0.25) is 0 Å². The highest BCUT2D eigenvalue weighted by molar-refractivity contribution is 5.97. The molecule has 1 aliphatic carbocycles. The number of carbonyl (C=O) groups excluding carboxylic acids is 1. The van der Waals surface area contributed by atoms with Gasteiger partial charge in [-0.15, -0.1) is 12.4 Å². The molecule has 6 heteroatoms. The van der Waals surface area contributed by atoms with Gasteiger partial charge < -0.3 is 10.6 Å². The number of benzene rings is 1. The Hall–Kier alpha value is -1.59. The van der Waals surface area contributed by atoms with Crippen molar-refractivity contribution in [2.75, 3.05) is 18.4 Å². The minimum atomic E-state index is -0.210. The number of fused-ring (bicyclic) bond motifs is 2. The van der Waals surface area contributed by atoms with Crippen molar-refractivity contribution in [1.29, 1.82) is 0 Å². The summed E-state index contributed by atoms with van der Waals surface area (Å²) in [7, 11) is 0. The summed E-state index contributed by atoms with van der Waals surface area (Å²) in [5.41, 5.74) is 1.74. The molecule has 2 aromatic rings. The van der Waals surface area contributed by atoms with E-state index < -0.39 is 0 Å². The average molecular weight is 349 g/mol. The van der Waals surface area contributed by atoms with Gasteiger partial charge in [0.15, 0.2) is 0 Å². The van der Waals surface area contributed by atoms with E-state index in [-0.39, 0.29) is 23.7 Å². The van der Waals surface area contributed by atoms with E-state index in [0.29, 0.717) is 5.92 Å². The molecule has 1 aromatic heterocycles. The molecule has 2 fully saturated rings. The minimum absolute atomic E-state index is 0. The Morgan fingerprint density at radius 3 is 3.17 bits per heavy atom. The molecule has 24 heavy (non-hydrogen) atoms. The number of hydrogen-bond donors (Lipinski definition) is 2. The smallest absolute Gasteiger partial charge is 0.232 e. The van der Waals surface area contributed by atoms with Gasteiger partial charge >= 0.3 is 0 Å². The first-order valence-electron chi connectivity index (χ1n) is 8.71. The Balaban J connectivity index is 0.00000169. The molecule has 0 bridgehead atoms. The van der Waals surface area contributed by atoms with Crippen LogP contribution in [0.4, 0.5) is 5.69 Å². The largest absolute Gasteiger partial charge is 0.325 e. The van der Waals surface area contributed by atoms with Crippen molar-refractivity contribution in [2.24, 2.45) is 11.3 Å². The highest BCUT2D eigenvalue weighted by Crippen LogP contribution is 2.44. The molecule has 2 N–H and O–H groups in total. The summed E-state index contributed by atoms with van der Waals surface area (Å²) in [6, 6.07) is 6.06. The summed E-state index contributed by atoms with van der Waals surface area (Å²) in [5, 5.41) is 12.1. The van der Waals surface area contributed by atoms with E-state index in [9.17, 15) is 4.79 Å². The fraction of sp³-hybridized carbons (Fsp3) is 0.556. The summed E-state index contributed by atoms with van der Waals surface area (Å²) in [6.45, 7) is 4.71. The maximum absolute atomic E-state index is 13.0. The lowest BCUT2D eigenvalue weighted by molar-refractivity contribution is -0.128. The van der Waals surface area contributed by atoms with E-state index in [2.05, 4.69) is 22.7 Å². The second kappa shape index (κ2) is 6.73. The number of rotatable bonds is 3. The first-order valence-corrected chi connectivity index (χ1v) is 8.71. The molecular formula is C18H25ClN4O. The molecule has 1 saturated heterocycles. The van der Waals surface area contributed by atoms with Crippen LogP contribution >= 0.6 is 12.4 Å². The molecule has 130 valence electrons. The number of amides is 1. The third-order valence-corrected chi connectivity index (χ3v) is 5.69. The first-order chi connectivity index (χ1) is 11.2. The minimum Gasteiger partial charge on any atom is -0.325 e. The van der Waals surface area contributed by atoms with Crippen molar-refractivity contribution in [1.82, 2.24) is 15.1 Å². The fourth-order valence-electron chi connectivity index (χ4n) is 4.35. The average Bonchev–Trinajstić information content (AvgIpc) is 3.18. The van der Waals surface area contributed by atoms with E-state index in [1.165, 1.54) is 12.8 Å². The number of halogens is 1. The highest BCUT2D eigenvalue weighted by atomic mass is 35.5. The second-order valence-electron chi connectivity index (χ2n) is 6.92. The van der Waals surface area contributed by atoms with Crippen molar-refractivity contribution >= 4 is 34.9 Å². The van der Waals surface area contributed by atoms with E-state index in [0.717, 1.165) is 49.1 Å². The summed E-state index contributed by atoms with van der Waals surface area (Å²) in [6.07, 6.45) is 6.46. The quantitative estimate of drug-likeness (QED) is 0.895. The van der Waals surface area contributed by atoms with Gasteiger partial charge in [-0.05, 0) is 50.4 Å². The predicted octanol–water partition coefficient (Wildman–Crippen LogP) is 3.20. The number of anilines is 1. The van der Waals surface area contributed by atoms with Gasteiger partial charge in [-0.25, -0.2) is 0 Å². The van der Waals surface area contributed by atoms with Gasteiger partial charge in [-0.3, -0.25) is 9.48 Å². The molecule has 0 radical (unpaired) electrons. The van der Waals surface area contributed by atoms with Crippen molar-refractivity contribution in [3.8, 4) is 0 Å². The zero-order valence-electron chi connectivity index (χ0n) is 14.0. The van der Waals surface area contributed by atoms with Crippen LogP contribution in [0.1, 0.15) is 32.6 Å². The topological polar surface area (TPSA) is 59.0 Å². The van der Waals surface area contributed by atoms with Gasteiger partial charge in [-0.2, -0.15) is 5.10 Å². The maximum atomic E-state index is 13.0. The van der Waals surface area contributed by atoms with Gasteiger partial charge in [-0.1, -0.05) is 12.8 Å². The van der Waals surface area contributed by atoms with Crippen molar-refractivity contribution in [3.63, 3.8) is 0 Å². The third kappa shape index (κ3) is 2.70. The van der Waals surface area contributed by atoms with Gasteiger partial charge in [0.2, 0.25) is 5.91 Å². The molecule has 0 unspecified atom stereocenters. The molecule has 2 heterocycles. The third-order valence-electron chi connectivity index (χ3n) is 5.69. The molecule has 1 aliphatic heterocycles. The SMILES string of the molecule is CCn1ncc2ccc(NC(=O)[C@@]34CCCC[C@H]3CNC4)cc21.Cl. The second-order valence-corrected chi connectivity index (χ2v) is 6.92. The lowest BCUT2D eigenvalue weighted by atomic mass is 9.67. The standard InChI is InChI=1S/C18H24N4O.ClH/c1-2-22-16-9-15(7-6-13(16)10-20-22)21-17(23)18-8-4-3-5-14(18)11-19-12-18;/h6-7,9-10,14,19H,2-5,8,11-12H2,1H3,(H,21,23);1H/t14-,18+;/m0./s1. The Kier molecular flexibility index (Phi) is 4.83. The monoisotopic (exact) mass is 348 g/mol. The normalized spacial score (nSPS) is 26.0. The summed E-state index contributed by atoms with van der Waals surface area (Å²) >= 11 is 0. The number of nitrogens with zero attached hydrogens (tertiary/aromatic N) is 2. The van der Waals surface area contributed by atoms with Gasteiger partial charge in [0.25, 0.3) is 0 Å². The fourth-order valence-corrected chi connectivity index (χ4v) is 4.35. The Morgan fingerprint density at radius 1 is 1.46 bits per heavy atom. The van der Waals surface area contributed by atoms with Crippen molar-refractivity contribution in [2.45, 2.75) is 39.2 Å². The number of aromatic nitrogens is 2. The Labute approximate surface area is 148 Å². The molecule has 1 amide bonds. The van der Waals surface area contributed by atoms with Crippen LogP contribution < -0.4 is 10.6 Å². The van der Waals surface area contributed by atoms with Crippen molar-refractivity contribution < 1.29 is 4.79 Å². The van der Waals surface area contributed by atoms with Gasteiger partial charge in [0.1, 0.15) is 0 Å². The molecule has 1 aromatic carbocycles. The molecule has 4 rings (SSSR count). The van der Waals surface area contributed by atoms with E-state index in [1.807, 2.05) is 29.1 Å². The summed E-state index contributed by atoms with van der Waals surface area (Å²) < 4.78 is 1.96. The van der Waals surface area contributed by atoms with Crippen molar-refractivity contribution in [3.05, 3.63) is 24.4 Å². The van der Waals surface area contributed by atoms with Crippen LogP contribution in [-0.2, 0) is 11.3 Å². The van der Waals surface area contributed by atoms with Gasteiger partial charge in [0.05, 0.1) is 17.1 Å².